The summed E-state index contributed by atoms with van der Waals surface area (Å²) in [6, 6.07) is 4.51. The van der Waals surface area contributed by atoms with E-state index >= 15 is 0 Å². The van der Waals surface area contributed by atoms with Crippen molar-refractivity contribution in [3.05, 3.63) is 34.1 Å². The Morgan fingerprint density at radius 2 is 2.17 bits per heavy atom. The third-order valence-corrected chi connectivity index (χ3v) is 3.60. The van der Waals surface area contributed by atoms with Crippen molar-refractivity contribution >= 4 is 21.9 Å². The van der Waals surface area contributed by atoms with Crippen molar-refractivity contribution in [2.45, 2.75) is 26.8 Å². The number of halogens is 2. The number of aliphatic carboxylic acids is 1. The second-order valence-corrected chi connectivity index (χ2v) is 5.71. The van der Waals surface area contributed by atoms with Gasteiger partial charge in [0.2, 0.25) is 0 Å². The highest BCUT2D eigenvalue weighted by molar-refractivity contribution is 9.10. The molecule has 2 N–H and O–H groups in total. The predicted molar refractivity (Wildman–Crippen MR) is 71.8 cm³/mol. The van der Waals surface area contributed by atoms with Crippen LogP contribution < -0.4 is 5.32 Å². The second-order valence-electron chi connectivity index (χ2n) is 4.85. The average molecular weight is 318 g/mol. The molecular weight excluding hydrogens is 301 g/mol. The van der Waals surface area contributed by atoms with Crippen molar-refractivity contribution in [2.24, 2.45) is 5.41 Å². The van der Waals surface area contributed by atoms with Crippen LogP contribution in [0.1, 0.15) is 25.8 Å². The molecule has 1 rings (SSSR count). The van der Waals surface area contributed by atoms with E-state index in [0.717, 1.165) is 10.0 Å². The lowest BCUT2D eigenvalue weighted by Crippen LogP contribution is -2.28. The van der Waals surface area contributed by atoms with E-state index in [9.17, 15) is 9.18 Å². The molecule has 0 amide bonds. The highest BCUT2D eigenvalue weighted by Crippen LogP contribution is 2.20. The van der Waals surface area contributed by atoms with Gasteiger partial charge in [-0.25, -0.2) is 4.39 Å². The van der Waals surface area contributed by atoms with E-state index in [0.29, 0.717) is 19.5 Å². The molecule has 0 bridgehead atoms. The molecule has 3 nitrogen and oxygen atoms in total. The van der Waals surface area contributed by atoms with Crippen LogP contribution in [-0.4, -0.2) is 17.6 Å². The van der Waals surface area contributed by atoms with E-state index in [1.807, 2.05) is 0 Å². The van der Waals surface area contributed by atoms with Crippen LogP contribution in [0, 0.1) is 11.2 Å². The van der Waals surface area contributed by atoms with E-state index < -0.39 is 11.4 Å². The Hall–Kier alpha value is -0.940. The number of rotatable bonds is 6. The third kappa shape index (κ3) is 4.38. The lowest BCUT2D eigenvalue weighted by molar-refractivity contribution is -0.147. The summed E-state index contributed by atoms with van der Waals surface area (Å²) in [5, 5.41) is 12.1. The summed E-state index contributed by atoms with van der Waals surface area (Å²) in [6.07, 6.45) is 0.523. The number of hydrogen-bond acceptors (Lipinski definition) is 2. The van der Waals surface area contributed by atoms with E-state index in [1.54, 1.807) is 19.9 Å². The van der Waals surface area contributed by atoms with Crippen molar-refractivity contribution in [3.63, 3.8) is 0 Å². The minimum Gasteiger partial charge on any atom is -0.481 e. The van der Waals surface area contributed by atoms with E-state index in [-0.39, 0.29) is 5.82 Å². The highest BCUT2D eigenvalue weighted by Gasteiger charge is 2.26. The molecule has 0 saturated carbocycles. The molecule has 0 aliphatic carbocycles. The molecule has 0 aliphatic heterocycles. The first-order valence-electron chi connectivity index (χ1n) is 5.71. The molecule has 0 aromatic heterocycles. The molecule has 0 radical (unpaired) electrons. The van der Waals surface area contributed by atoms with Crippen LogP contribution in [0.15, 0.2) is 22.7 Å². The molecule has 5 heteroatoms. The smallest absolute Gasteiger partial charge is 0.309 e. The molecule has 0 atom stereocenters. The van der Waals surface area contributed by atoms with Crippen LogP contribution in [-0.2, 0) is 11.3 Å². The standard InChI is InChI=1S/C13H17BrFNO2/c1-13(2,12(17)18)5-6-16-8-9-7-10(15)3-4-11(9)14/h3-4,7,16H,5-6,8H2,1-2H3,(H,17,18). The molecule has 0 spiro atoms. The van der Waals surface area contributed by atoms with Crippen molar-refractivity contribution in [1.82, 2.24) is 5.32 Å². The highest BCUT2D eigenvalue weighted by atomic mass is 79.9. The first kappa shape index (κ1) is 15.1. The van der Waals surface area contributed by atoms with Crippen molar-refractivity contribution in [3.8, 4) is 0 Å². The molecule has 0 aliphatic rings. The minimum atomic E-state index is -0.809. The predicted octanol–water partition coefficient (Wildman–Crippen LogP) is 3.18. The fourth-order valence-corrected chi connectivity index (χ4v) is 1.80. The van der Waals surface area contributed by atoms with Gasteiger partial charge < -0.3 is 10.4 Å². The molecule has 18 heavy (non-hydrogen) atoms. The first-order chi connectivity index (χ1) is 8.33. The Morgan fingerprint density at radius 3 is 2.78 bits per heavy atom. The SMILES string of the molecule is CC(C)(CCNCc1cc(F)ccc1Br)C(=O)O. The number of hydrogen-bond donors (Lipinski definition) is 2. The van der Waals surface area contributed by atoms with Crippen molar-refractivity contribution in [2.75, 3.05) is 6.54 Å². The maximum absolute atomic E-state index is 13.0. The fraction of sp³-hybridized carbons (Fsp3) is 0.462. The van der Waals surface area contributed by atoms with Crippen LogP contribution in [0.2, 0.25) is 0 Å². The number of nitrogens with one attached hydrogen (secondary N) is 1. The summed E-state index contributed by atoms with van der Waals surface area (Å²) in [6.45, 7) is 4.46. The lowest BCUT2D eigenvalue weighted by atomic mass is 9.90. The van der Waals surface area contributed by atoms with E-state index in [1.165, 1.54) is 12.1 Å². The molecule has 0 fully saturated rings. The number of carboxylic acid groups (broad SMARTS) is 1. The Labute approximate surface area is 115 Å². The largest absolute Gasteiger partial charge is 0.481 e. The van der Waals surface area contributed by atoms with Crippen LogP contribution in [0.4, 0.5) is 4.39 Å². The fourth-order valence-electron chi connectivity index (χ4n) is 1.41. The maximum atomic E-state index is 13.0. The lowest BCUT2D eigenvalue weighted by Gasteiger charge is -2.19. The molecule has 0 saturated heterocycles. The van der Waals surface area contributed by atoms with Crippen molar-refractivity contribution < 1.29 is 14.3 Å². The molecule has 100 valence electrons. The van der Waals surface area contributed by atoms with Gasteiger partial charge in [0.25, 0.3) is 0 Å². The monoisotopic (exact) mass is 317 g/mol. The number of carboxylic acids is 1. The molecule has 1 aromatic carbocycles. The third-order valence-electron chi connectivity index (χ3n) is 2.83. The first-order valence-corrected chi connectivity index (χ1v) is 6.50. The Bertz CT molecular complexity index is 435. The number of benzene rings is 1. The van der Waals surface area contributed by atoms with Crippen LogP contribution in [0.5, 0.6) is 0 Å². The maximum Gasteiger partial charge on any atom is 0.309 e. The van der Waals surface area contributed by atoms with Gasteiger partial charge in [0.15, 0.2) is 0 Å². The zero-order chi connectivity index (χ0) is 13.8. The van der Waals surface area contributed by atoms with Gasteiger partial charge in [-0.05, 0) is 50.6 Å². The van der Waals surface area contributed by atoms with Crippen molar-refractivity contribution in [1.29, 1.82) is 0 Å². The van der Waals surface area contributed by atoms with Gasteiger partial charge in [-0.15, -0.1) is 0 Å². The van der Waals surface area contributed by atoms with Gasteiger partial charge in [0.1, 0.15) is 5.82 Å². The summed E-state index contributed by atoms with van der Waals surface area (Å²) >= 11 is 3.34. The zero-order valence-electron chi connectivity index (χ0n) is 10.5. The Balaban J connectivity index is 2.43. The van der Waals surface area contributed by atoms with Gasteiger partial charge >= 0.3 is 5.97 Å². The Morgan fingerprint density at radius 1 is 1.50 bits per heavy atom. The van der Waals surface area contributed by atoms with E-state index in [4.69, 9.17) is 5.11 Å². The minimum absolute atomic E-state index is 0.277. The average Bonchev–Trinajstić information content (AvgIpc) is 2.28. The zero-order valence-corrected chi connectivity index (χ0v) is 12.1. The van der Waals surface area contributed by atoms with Crippen LogP contribution in [0.25, 0.3) is 0 Å². The molecular formula is C13H17BrFNO2. The summed E-state index contributed by atoms with van der Waals surface area (Å²) < 4.78 is 13.9. The van der Waals surface area contributed by atoms with Gasteiger partial charge in [-0.2, -0.15) is 0 Å². The molecule has 0 unspecified atom stereocenters. The summed E-state index contributed by atoms with van der Waals surface area (Å²) in [5.41, 5.74) is 0.0785. The van der Waals surface area contributed by atoms with Gasteiger partial charge in [-0.1, -0.05) is 15.9 Å². The van der Waals surface area contributed by atoms with Gasteiger partial charge in [-0.3, -0.25) is 4.79 Å². The quantitative estimate of drug-likeness (QED) is 0.792. The normalized spacial score (nSPS) is 11.6. The van der Waals surface area contributed by atoms with Gasteiger partial charge in [0.05, 0.1) is 5.41 Å². The summed E-state index contributed by atoms with van der Waals surface area (Å²) in [4.78, 5) is 10.9. The Kier molecular flexibility index (Phi) is 5.28. The van der Waals surface area contributed by atoms with E-state index in [2.05, 4.69) is 21.2 Å². The summed E-state index contributed by atoms with van der Waals surface area (Å²) in [7, 11) is 0. The molecule has 0 heterocycles. The summed E-state index contributed by atoms with van der Waals surface area (Å²) in [5.74, 6) is -1.09. The molecule has 1 aromatic rings. The second kappa shape index (κ2) is 6.29. The van der Waals surface area contributed by atoms with Crippen LogP contribution >= 0.6 is 15.9 Å². The number of carbonyl (C=O) groups is 1. The topological polar surface area (TPSA) is 49.3 Å². The van der Waals surface area contributed by atoms with Gasteiger partial charge in [0, 0.05) is 11.0 Å². The van der Waals surface area contributed by atoms with Crippen LogP contribution in [0.3, 0.4) is 0 Å².